The van der Waals surface area contributed by atoms with Crippen molar-refractivity contribution >= 4 is 12.4 Å². The van der Waals surface area contributed by atoms with E-state index in [-0.39, 0.29) is 18.8 Å². The minimum atomic E-state index is -1.41. The molecule has 4 rings (SSSR count). The van der Waals surface area contributed by atoms with Crippen LogP contribution in [0.4, 0.5) is 0 Å². The van der Waals surface area contributed by atoms with Crippen LogP contribution >= 0.6 is 12.4 Å². The Labute approximate surface area is 221 Å². The normalized spacial score (nSPS) is 48.5. The lowest BCUT2D eigenvalue weighted by molar-refractivity contribution is -0.321. The summed E-state index contributed by atoms with van der Waals surface area (Å²) in [6.07, 6.45) is 10.6. The fourth-order valence-corrected chi connectivity index (χ4v) is 10.2. The third-order valence-corrected chi connectivity index (χ3v) is 12.2. The van der Waals surface area contributed by atoms with Crippen molar-refractivity contribution in [1.29, 1.82) is 0 Å². The third-order valence-electron chi connectivity index (χ3n) is 12.2. The summed E-state index contributed by atoms with van der Waals surface area (Å²) in [7, 11) is 0. The second-order valence-corrected chi connectivity index (χ2v) is 14.9. The second-order valence-electron chi connectivity index (χ2n) is 14.9. The summed E-state index contributed by atoms with van der Waals surface area (Å²) in [6.45, 7) is 15.7. The van der Waals surface area contributed by atoms with Crippen molar-refractivity contribution in [3.8, 4) is 0 Å². The molecule has 0 saturated heterocycles. The largest absolute Gasteiger partial charge is 0.393 e. The molecule has 206 valence electrons. The Balaban J connectivity index is 0.00000342. The van der Waals surface area contributed by atoms with Crippen LogP contribution in [0.15, 0.2) is 0 Å². The Bertz CT molecular complexity index is 754. The maximum absolute atomic E-state index is 12.3. The molecule has 10 atom stereocenters. The Morgan fingerprint density at radius 2 is 1.57 bits per heavy atom. The van der Waals surface area contributed by atoms with Gasteiger partial charge >= 0.3 is 0 Å². The average Bonchev–Trinajstić information content (AvgIpc) is 3.07. The van der Waals surface area contributed by atoms with Crippen LogP contribution in [0.1, 0.15) is 119 Å². The average molecular weight is 514 g/mol. The van der Waals surface area contributed by atoms with Gasteiger partial charge in [0.2, 0.25) is 0 Å². The molecule has 0 radical (unpaired) electrons. The maximum Gasteiger partial charge on any atom is 0.111 e. The van der Waals surface area contributed by atoms with E-state index in [9.17, 15) is 15.3 Å². The SMILES string of the molecule is CC(C)CCC[C@@H](C)[C@H]1CC[C@H]2[C@@H]3C[C@@](O)(C(C)(C)N)[C@@]4(O)C[C@@H](O)CC[C@]4(C)[C@H]3CC[C@]12C.Cl. The van der Waals surface area contributed by atoms with E-state index >= 15 is 0 Å². The first kappa shape index (κ1) is 29.7. The van der Waals surface area contributed by atoms with Gasteiger partial charge in [-0.05, 0) is 99.7 Å². The van der Waals surface area contributed by atoms with Crippen molar-refractivity contribution in [2.24, 2.45) is 52.1 Å². The molecular weight excluding hydrogens is 458 g/mol. The van der Waals surface area contributed by atoms with Gasteiger partial charge in [-0.3, -0.25) is 0 Å². The summed E-state index contributed by atoms with van der Waals surface area (Å²) in [4.78, 5) is 0. The molecule has 4 saturated carbocycles. The summed E-state index contributed by atoms with van der Waals surface area (Å²) in [5, 5.41) is 35.3. The van der Waals surface area contributed by atoms with E-state index in [1.165, 1.54) is 38.5 Å². The first-order valence-electron chi connectivity index (χ1n) is 14.5. The zero-order valence-electron chi connectivity index (χ0n) is 23.6. The lowest BCUT2D eigenvalue weighted by Crippen LogP contribution is -2.80. The minimum absolute atomic E-state index is 0. The summed E-state index contributed by atoms with van der Waals surface area (Å²) >= 11 is 0. The summed E-state index contributed by atoms with van der Waals surface area (Å²) in [5.41, 5.74) is 2.90. The topological polar surface area (TPSA) is 86.7 Å². The van der Waals surface area contributed by atoms with Gasteiger partial charge in [0.15, 0.2) is 0 Å². The van der Waals surface area contributed by atoms with E-state index in [4.69, 9.17) is 5.73 Å². The Morgan fingerprint density at radius 1 is 0.914 bits per heavy atom. The molecule has 0 aliphatic heterocycles. The molecule has 4 aliphatic carbocycles. The maximum atomic E-state index is 12.3. The molecule has 4 fully saturated rings. The lowest BCUT2D eigenvalue weighted by Gasteiger charge is -2.71. The number of rotatable bonds is 6. The smallest absolute Gasteiger partial charge is 0.111 e. The molecule has 0 unspecified atom stereocenters. The predicted molar refractivity (Wildman–Crippen MR) is 146 cm³/mol. The quantitative estimate of drug-likeness (QED) is 0.346. The molecular formula is C30H56ClNO3. The zero-order chi connectivity index (χ0) is 25.3. The van der Waals surface area contributed by atoms with Crippen LogP contribution in [0.3, 0.4) is 0 Å². The van der Waals surface area contributed by atoms with Crippen molar-refractivity contribution in [2.75, 3.05) is 0 Å². The number of hydrogen-bond acceptors (Lipinski definition) is 4. The van der Waals surface area contributed by atoms with Gasteiger partial charge in [-0.15, -0.1) is 12.4 Å². The summed E-state index contributed by atoms with van der Waals surface area (Å²) < 4.78 is 0. The highest BCUT2D eigenvalue weighted by molar-refractivity contribution is 5.85. The number of aliphatic hydroxyl groups excluding tert-OH is 1. The number of aliphatic hydroxyl groups is 3. The molecule has 0 aromatic rings. The molecule has 0 aromatic heterocycles. The van der Waals surface area contributed by atoms with Crippen LogP contribution in [0.2, 0.25) is 0 Å². The molecule has 5 heteroatoms. The zero-order valence-corrected chi connectivity index (χ0v) is 24.5. The van der Waals surface area contributed by atoms with Gasteiger partial charge < -0.3 is 21.1 Å². The Kier molecular flexibility index (Phi) is 8.23. The number of hydrogen-bond donors (Lipinski definition) is 4. The van der Waals surface area contributed by atoms with Crippen LogP contribution in [-0.4, -0.2) is 38.2 Å². The molecule has 0 heterocycles. The van der Waals surface area contributed by atoms with Gasteiger partial charge in [0.1, 0.15) is 11.2 Å². The molecule has 0 spiro atoms. The Morgan fingerprint density at radius 3 is 2.17 bits per heavy atom. The van der Waals surface area contributed by atoms with E-state index in [1.54, 1.807) is 0 Å². The van der Waals surface area contributed by atoms with Gasteiger partial charge in [0, 0.05) is 17.4 Å². The van der Waals surface area contributed by atoms with Gasteiger partial charge in [0.05, 0.1) is 6.10 Å². The number of nitrogens with two attached hydrogens (primary N) is 1. The van der Waals surface area contributed by atoms with Crippen molar-refractivity contribution in [3.63, 3.8) is 0 Å². The lowest BCUT2D eigenvalue weighted by atomic mass is 9.38. The van der Waals surface area contributed by atoms with Gasteiger partial charge in [-0.1, -0.05) is 53.9 Å². The van der Waals surface area contributed by atoms with Gasteiger partial charge in [0.25, 0.3) is 0 Å². The molecule has 0 bridgehead atoms. The van der Waals surface area contributed by atoms with Crippen LogP contribution in [0, 0.1) is 46.3 Å². The van der Waals surface area contributed by atoms with E-state index in [0.717, 1.165) is 30.6 Å². The summed E-state index contributed by atoms with van der Waals surface area (Å²) in [5.74, 6) is 3.65. The minimum Gasteiger partial charge on any atom is -0.393 e. The highest BCUT2D eigenvalue weighted by atomic mass is 35.5. The Hall–Kier alpha value is 0.130. The first-order chi connectivity index (χ1) is 15.6. The molecule has 35 heavy (non-hydrogen) atoms. The number of halogens is 1. The highest BCUT2D eigenvalue weighted by Crippen LogP contribution is 2.71. The standard InChI is InChI=1S/C30H55NO3.ClH/c1-19(2)9-8-10-20(3)23-11-12-24-22-18-29(33,26(4,5)31)30(34)17-21(32)13-16-28(30,7)25(22)14-15-27(23,24)6;/h19-25,32-34H,8-18,31H2,1-7H3;1H/t20-,21+,22+,23-,24+,25+,27-,28-,29-,30-;/m1./s1. The third kappa shape index (κ3) is 4.34. The first-order valence-corrected chi connectivity index (χ1v) is 14.5. The fourth-order valence-electron chi connectivity index (χ4n) is 10.2. The van der Waals surface area contributed by atoms with Crippen LogP contribution in [-0.2, 0) is 0 Å². The van der Waals surface area contributed by atoms with E-state index in [1.807, 2.05) is 13.8 Å². The number of fused-ring (bicyclic) bond motifs is 5. The van der Waals surface area contributed by atoms with Crippen molar-refractivity contribution in [1.82, 2.24) is 0 Å². The van der Waals surface area contributed by atoms with Gasteiger partial charge in [-0.25, -0.2) is 0 Å². The van der Waals surface area contributed by atoms with E-state index in [0.29, 0.717) is 36.0 Å². The van der Waals surface area contributed by atoms with Crippen LogP contribution in [0.25, 0.3) is 0 Å². The van der Waals surface area contributed by atoms with E-state index < -0.39 is 28.3 Å². The molecule has 0 aromatic carbocycles. The fraction of sp³-hybridized carbons (Fsp3) is 1.00. The van der Waals surface area contributed by atoms with Crippen molar-refractivity contribution in [3.05, 3.63) is 0 Å². The molecule has 4 aliphatic rings. The van der Waals surface area contributed by atoms with Crippen LogP contribution < -0.4 is 5.73 Å². The molecule has 0 amide bonds. The van der Waals surface area contributed by atoms with Crippen molar-refractivity contribution < 1.29 is 15.3 Å². The molecule has 5 N–H and O–H groups in total. The van der Waals surface area contributed by atoms with E-state index in [2.05, 4.69) is 34.6 Å². The predicted octanol–water partition coefficient (Wildman–Crippen LogP) is 6.08. The highest BCUT2D eigenvalue weighted by Gasteiger charge is 2.74. The van der Waals surface area contributed by atoms with Crippen molar-refractivity contribution in [2.45, 2.75) is 142 Å². The second kappa shape index (κ2) is 9.70. The summed E-state index contributed by atoms with van der Waals surface area (Å²) in [6, 6.07) is 0. The molecule has 4 nitrogen and oxygen atoms in total. The van der Waals surface area contributed by atoms with Crippen LogP contribution in [0.5, 0.6) is 0 Å². The van der Waals surface area contributed by atoms with Gasteiger partial charge in [-0.2, -0.15) is 0 Å². The monoisotopic (exact) mass is 513 g/mol.